The number of ether oxygens (including phenoxy) is 1. The molecule has 0 aliphatic carbocycles. The van der Waals surface area contributed by atoms with Gasteiger partial charge in [-0.05, 0) is 12.1 Å². The number of benzene rings is 2. The minimum Gasteiger partial charge on any atom is -0.489 e. The summed E-state index contributed by atoms with van der Waals surface area (Å²) in [4.78, 5) is 29.9. The van der Waals surface area contributed by atoms with Crippen LogP contribution < -0.4 is 15.6 Å². The molecule has 2 aromatic carbocycles. The van der Waals surface area contributed by atoms with E-state index in [1.807, 2.05) is 48.5 Å². The second-order valence-electron chi connectivity index (χ2n) is 7.34. The second-order valence-corrected chi connectivity index (χ2v) is 8.74. The van der Waals surface area contributed by atoms with Crippen molar-refractivity contribution in [2.24, 2.45) is 7.05 Å². The Morgan fingerprint density at radius 1 is 1.25 bits per heavy atom. The summed E-state index contributed by atoms with van der Waals surface area (Å²) in [6.45, 7) is 3.98. The van der Waals surface area contributed by atoms with E-state index in [9.17, 15) is 9.59 Å². The van der Waals surface area contributed by atoms with E-state index in [1.54, 1.807) is 17.7 Å². The minimum atomic E-state index is -0.467. The first-order valence-corrected chi connectivity index (χ1v) is 11.5. The van der Waals surface area contributed by atoms with Crippen LogP contribution in [0.2, 0.25) is 5.02 Å². The van der Waals surface area contributed by atoms with Crippen molar-refractivity contribution < 1.29 is 9.53 Å². The molecule has 8 heteroatoms. The number of rotatable bonds is 7. The third-order valence-electron chi connectivity index (χ3n) is 5.27. The third kappa shape index (κ3) is 4.45. The summed E-state index contributed by atoms with van der Waals surface area (Å²) < 4.78 is 7.85. The quantitative estimate of drug-likeness (QED) is 0.308. The number of fused-ring (bicyclic) bond motifs is 1. The number of carbonyl (C=O) groups excluding carboxylic acids is 1. The van der Waals surface area contributed by atoms with Crippen molar-refractivity contribution in [1.82, 2.24) is 9.55 Å². The Morgan fingerprint density at radius 2 is 2.00 bits per heavy atom. The maximum Gasteiger partial charge on any atom is 0.279 e. The summed E-state index contributed by atoms with van der Waals surface area (Å²) in [7, 11) is 1.79. The van der Waals surface area contributed by atoms with E-state index < -0.39 is 5.92 Å². The highest BCUT2D eigenvalue weighted by Gasteiger charge is 2.33. The number of thioether (sulfide) groups is 1. The lowest BCUT2D eigenvalue weighted by Crippen LogP contribution is -2.33. The highest BCUT2D eigenvalue weighted by atomic mass is 35.5. The third-order valence-corrected chi connectivity index (χ3v) is 6.66. The molecule has 0 fully saturated rings. The Balaban J connectivity index is 1.74. The largest absolute Gasteiger partial charge is 0.489 e. The van der Waals surface area contributed by atoms with Gasteiger partial charge in [0.15, 0.2) is 5.16 Å². The molecule has 1 amide bonds. The van der Waals surface area contributed by atoms with Gasteiger partial charge in [-0.1, -0.05) is 65.8 Å². The molecule has 0 bridgehead atoms. The van der Waals surface area contributed by atoms with Crippen LogP contribution in [-0.2, 0) is 18.4 Å². The highest BCUT2D eigenvalue weighted by molar-refractivity contribution is 7.99. The van der Waals surface area contributed by atoms with Crippen LogP contribution in [0.4, 0.5) is 5.82 Å². The summed E-state index contributed by atoms with van der Waals surface area (Å²) in [6, 6.07) is 14.9. The molecule has 1 N–H and O–H groups in total. The van der Waals surface area contributed by atoms with Gasteiger partial charge < -0.3 is 14.6 Å². The molecular formula is C24H22ClN3O3S. The van der Waals surface area contributed by atoms with E-state index in [0.29, 0.717) is 33.1 Å². The number of nitrogens with one attached hydrogen (secondary N) is 1. The van der Waals surface area contributed by atoms with Gasteiger partial charge in [0.2, 0.25) is 5.91 Å². The second kappa shape index (κ2) is 9.63. The zero-order valence-electron chi connectivity index (χ0n) is 17.5. The van der Waals surface area contributed by atoms with Crippen LogP contribution in [0.15, 0.2) is 71.1 Å². The molecule has 164 valence electrons. The number of aromatic nitrogens is 2. The predicted molar refractivity (Wildman–Crippen MR) is 128 cm³/mol. The van der Waals surface area contributed by atoms with Crippen LogP contribution in [0, 0.1) is 0 Å². The molecule has 0 radical (unpaired) electrons. The van der Waals surface area contributed by atoms with Gasteiger partial charge in [-0.25, -0.2) is 0 Å². The van der Waals surface area contributed by atoms with Crippen LogP contribution in [0.3, 0.4) is 0 Å². The minimum absolute atomic E-state index is 0.134. The maximum atomic E-state index is 13.1. The molecule has 0 spiro atoms. The average Bonchev–Trinajstić information content (AvgIpc) is 2.79. The smallest absolute Gasteiger partial charge is 0.279 e. The zero-order chi connectivity index (χ0) is 22.7. The van der Waals surface area contributed by atoms with Crippen molar-refractivity contribution in [3.8, 4) is 5.75 Å². The number of para-hydroxylation sites is 1. The highest BCUT2D eigenvalue weighted by Crippen LogP contribution is 2.39. The lowest BCUT2D eigenvalue weighted by molar-refractivity contribution is -0.116. The van der Waals surface area contributed by atoms with Gasteiger partial charge in [-0.2, -0.15) is 4.98 Å². The van der Waals surface area contributed by atoms with Crippen LogP contribution in [-0.4, -0.2) is 21.2 Å². The number of hydrogen-bond acceptors (Lipinski definition) is 5. The summed E-state index contributed by atoms with van der Waals surface area (Å²) in [6.07, 6.45) is 1.87. The molecule has 1 aliphatic heterocycles. The molecule has 2 heterocycles. The number of carbonyl (C=O) groups is 1. The van der Waals surface area contributed by atoms with Gasteiger partial charge in [0.1, 0.15) is 18.2 Å². The van der Waals surface area contributed by atoms with Gasteiger partial charge in [0.05, 0.1) is 5.56 Å². The fourth-order valence-electron chi connectivity index (χ4n) is 3.73. The number of nitrogens with zero attached hydrogens (tertiary/aromatic N) is 2. The Kier molecular flexibility index (Phi) is 6.67. The van der Waals surface area contributed by atoms with Crippen LogP contribution in [0.25, 0.3) is 0 Å². The normalized spacial score (nSPS) is 15.1. The molecule has 0 unspecified atom stereocenters. The summed E-state index contributed by atoms with van der Waals surface area (Å²) in [5.74, 6) is 1.05. The van der Waals surface area contributed by atoms with Crippen LogP contribution >= 0.6 is 23.4 Å². The van der Waals surface area contributed by atoms with E-state index in [4.69, 9.17) is 16.3 Å². The predicted octanol–water partition coefficient (Wildman–Crippen LogP) is 4.76. The molecular weight excluding hydrogens is 446 g/mol. The fraction of sp³-hybridized carbons (Fsp3) is 0.208. The molecule has 1 aromatic heterocycles. The van der Waals surface area contributed by atoms with Crippen molar-refractivity contribution in [2.45, 2.75) is 24.1 Å². The first-order valence-electron chi connectivity index (χ1n) is 10.1. The van der Waals surface area contributed by atoms with Gasteiger partial charge in [0.25, 0.3) is 5.56 Å². The summed E-state index contributed by atoms with van der Waals surface area (Å²) in [5, 5.41) is 4.00. The standard InChI is InChI=1S/C24H22ClN3O3S/c1-3-12-32-24-27-23(30)21-17(13-20(29)26-22(21)28(24)2)16-9-5-7-11-19(16)31-14-15-8-4-6-10-18(15)25/h3-11,17H,1,12-14H2,2H3,(H,26,29)/t17-/m1/s1. The lowest BCUT2D eigenvalue weighted by Gasteiger charge is -2.28. The first-order chi connectivity index (χ1) is 15.5. The summed E-state index contributed by atoms with van der Waals surface area (Å²) in [5.41, 5.74) is 1.73. The maximum absolute atomic E-state index is 13.1. The van der Waals surface area contributed by atoms with Crippen molar-refractivity contribution in [2.75, 3.05) is 11.1 Å². The van der Waals surface area contributed by atoms with E-state index in [-0.39, 0.29) is 24.5 Å². The lowest BCUT2D eigenvalue weighted by atomic mass is 9.86. The Bertz CT molecular complexity index is 1240. The molecule has 0 saturated heterocycles. The fourth-order valence-corrected chi connectivity index (χ4v) is 4.62. The van der Waals surface area contributed by atoms with Gasteiger partial charge in [-0.15, -0.1) is 6.58 Å². The topological polar surface area (TPSA) is 73.2 Å². The number of amides is 1. The number of anilines is 1. The molecule has 1 aliphatic rings. The van der Waals surface area contributed by atoms with Crippen LogP contribution in [0.1, 0.15) is 29.0 Å². The first kappa shape index (κ1) is 22.2. The zero-order valence-corrected chi connectivity index (χ0v) is 19.1. The van der Waals surface area contributed by atoms with E-state index in [1.165, 1.54) is 11.8 Å². The van der Waals surface area contributed by atoms with Gasteiger partial charge in [-0.3, -0.25) is 9.59 Å². The van der Waals surface area contributed by atoms with E-state index >= 15 is 0 Å². The monoisotopic (exact) mass is 467 g/mol. The van der Waals surface area contributed by atoms with E-state index in [0.717, 1.165) is 11.1 Å². The average molecular weight is 468 g/mol. The van der Waals surface area contributed by atoms with E-state index in [2.05, 4.69) is 16.9 Å². The SMILES string of the molecule is C=CCSc1nc(=O)c2c(n1C)NC(=O)C[C@@H]2c1ccccc1OCc1ccccc1Cl. The van der Waals surface area contributed by atoms with Crippen molar-refractivity contribution in [3.63, 3.8) is 0 Å². The van der Waals surface area contributed by atoms with Crippen molar-refractivity contribution >= 4 is 35.1 Å². The Hall–Kier alpha value is -3.03. The molecule has 3 aromatic rings. The number of halogens is 1. The summed E-state index contributed by atoms with van der Waals surface area (Å²) >= 11 is 7.65. The van der Waals surface area contributed by atoms with Crippen LogP contribution in [0.5, 0.6) is 5.75 Å². The Labute approximate surface area is 195 Å². The molecule has 4 rings (SSSR count). The molecule has 32 heavy (non-hydrogen) atoms. The Morgan fingerprint density at radius 3 is 2.78 bits per heavy atom. The number of hydrogen-bond donors (Lipinski definition) is 1. The molecule has 6 nitrogen and oxygen atoms in total. The van der Waals surface area contributed by atoms with Crippen molar-refractivity contribution in [1.29, 1.82) is 0 Å². The molecule has 0 saturated carbocycles. The van der Waals surface area contributed by atoms with Crippen molar-refractivity contribution in [3.05, 3.63) is 93.3 Å². The van der Waals surface area contributed by atoms with Gasteiger partial charge in [0, 0.05) is 41.3 Å². The van der Waals surface area contributed by atoms with Gasteiger partial charge >= 0.3 is 0 Å². The molecule has 1 atom stereocenters.